The van der Waals surface area contributed by atoms with Crippen molar-refractivity contribution in [2.45, 2.75) is 11.4 Å². The van der Waals surface area contributed by atoms with Crippen molar-refractivity contribution in [3.8, 4) is 11.8 Å². The van der Waals surface area contributed by atoms with E-state index in [1.807, 2.05) is 67.5 Å². The zero-order valence-corrected chi connectivity index (χ0v) is 15.3. The molecule has 7 heteroatoms. The minimum atomic E-state index is -1.27. The van der Waals surface area contributed by atoms with Crippen LogP contribution < -0.4 is 13.9 Å². The van der Waals surface area contributed by atoms with E-state index in [2.05, 4.69) is 9.97 Å². The Hall–Kier alpha value is -2.77. The summed E-state index contributed by atoms with van der Waals surface area (Å²) in [6, 6.07) is 17.4. The fourth-order valence-electron chi connectivity index (χ4n) is 2.75. The predicted octanol–water partition coefficient (Wildman–Crippen LogP) is 3.38. The van der Waals surface area contributed by atoms with E-state index in [-0.39, 0.29) is 6.01 Å². The highest BCUT2D eigenvalue weighted by molar-refractivity contribution is 7.93. The fourth-order valence-corrected chi connectivity index (χ4v) is 4.07. The Labute approximate surface area is 155 Å². The van der Waals surface area contributed by atoms with Crippen LogP contribution in [0.15, 0.2) is 65.7 Å². The summed E-state index contributed by atoms with van der Waals surface area (Å²) in [4.78, 5) is 11.4. The first-order valence-electron chi connectivity index (χ1n) is 8.17. The minimum absolute atomic E-state index is 0.228. The van der Waals surface area contributed by atoms with E-state index in [1.54, 1.807) is 16.6 Å². The maximum Gasteiger partial charge on any atom is 0.324 e. The number of fused-ring (bicyclic) bond motifs is 1. The molecule has 0 saturated heterocycles. The Balaban J connectivity index is 1.57. The number of aromatic nitrogens is 2. The first-order chi connectivity index (χ1) is 12.6. The smallest absolute Gasteiger partial charge is 0.324 e. The van der Waals surface area contributed by atoms with Crippen molar-refractivity contribution in [1.82, 2.24) is 9.97 Å². The van der Waals surface area contributed by atoms with Crippen LogP contribution in [0.4, 0.5) is 11.5 Å². The number of hydrogen-bond donors (Lipinski definition) is 0. The molecule has 0 saturated carbocycles. The highest BCUT2D eigenvalue weighted by Gasteiger charge is 2.35. The van der Waals surface area contributed by atoms with E-state index in [0.29, 0.717) is 18.1 Å². The molecule has 2 heterocycles. The lowest BCUT2D eigenvalue weighted by Gasteiger charge is -2.17. The molecule has 0 amide bonds. The topological polar surface area (TPSA) is 64.5 Å². The summed E-state index contributed by atoms with van der Waals surface area (Å²) in [5, 5.41) is 0. The maximum absolute atomic E-state index is 12.7. The molecule has 132 valence electrons. The van der Waals surface area contributed by atoms with Crippen LogP contribution in [-0.2, 0) is 17.9 Å². The van der Waals surface area contributed by atoms with E-state index >= 15 is 0 Å². The molecule has 4 rings (SSSR count). The third-order valence-electron chi connectivity index (χ3n) is 4.09. The summed E-state index contributed by atoms with van der Waals surface area (Å²) in [7, 11) is 3.94. The molecule has 0 bridgehead atoms. The molecule has 1 unspecified atom stereocenters. The van der Waals surface area contributed by atoms with Gasteiger partial charge in [-0.05, 0) is 18.2 Å². The van der Waals surface area contributed by atoms with Crippen LogP contribution in [0.5, 0.6) is 11.8 Å². The molecule has 0 N–H and O–H groups in total. The molecule has 2 aromatic carbocycles. The lowest BCUT2D eigenvalue weighted by atomic mass is 10.2. The van der Waals surface area contributed by atoms with Gasteiger partial charge in [0.2, 0.25) is 0 Å². The molecule has 1 aliphatic rings. The second-order valence-corrected chi connectivity index (χ2v) is 7.46. The van der Waals surface area contributed by atoms with Crippen LogP contribution in [0, 0.1) is 0 Å². The standard InChI is InChI=1S/C19H18N4O2S/c1-22(2)15-7-5-8-16(12-15)25-19-20-11-10-18(21-19)23-13-14-6-3-4-9-17(14)26(23)24/h3-12H,13H2,1-2H3. The molecule has 1 atom stereocenters. The van der Waals surface area contributed by atoms with E-state index < -0.39 is 11.4 Å². The lowest BCUT2D eigenvalue weighted by Crippen LogP contribution is -2.24. The van der Waals surface area contributed by atoms with Crippen molar-refractivity contribution in [3.63, 3.8) is 0 Å². The molecule has 1 aromatic heterocycles. The third-order valence-corrected chi connectivity index (χ3v) is 5.58. The van der Waals surface area contributed by atoms with E-state index in [9.17, 15) is 4.55 Å². The van der Waals surface area contributed by atoms with Crippen LogP contribution in [0.25, 0.3) is 0 Å². The van der Waals surface area contributed by atoms with Crippen molar-refractivity contribution in [3.05, 3.63) is 66.4 Å². The monoisotopic (exact) mass is 366 g/mol. The fraction of sp³-hybridized carbons (Fsp3) is 0.158. The van der Waals surface area contributed by atoms with Crippen LogP contribution in [0.1, 0.15) is 5.56 Å². The van der Waals surface area contributed by atoms with Gasteiger partial charge in [0.05, 0.1) is 6.54 Å². The first-order valence-corrected chi connectivity index (χ1v) is 9.28. The average molecular weight is 366 g/mol. The molecule has 26 heavy (non-hydrogen) atoms. The van der Waals surface area contributed by atoms with Gasteiger partial charge in [-0.15, -0.1) is 0 Å². The summed E-state index contributed by atoms with van der Waals surface area (Å²) in [5.41, 5.74) is 2.07. The van der Waals surface area contributed by atoms with Gasteiger partial charge in [0.1, 0.15) is 17.1 Å². The zero-order chi connectivity index (χ0) is 18.1. The van der Waals surface area contributed by atoms with Gasteiger partial charge in [-0.2, -0.15) is 9.29 Å². The summed E-state index contributed by atoms with van der Waals surface area (Å²) < 4.78 is 20.3. The van der Waals surface area contributed by atoms with Crippen LogP contribution in [0.3, 0.4) is 0 Å². The first kappa shape index (κ1) is 16.7. The molecule has 3 aromatic rings. The third kappa shape index (κ3) is 3.18. The molecule has 0 radical (unpaired) electrons. The van der Waals surface area contributed by atoms with Gasteiger partial charge in [-0.3, -0.25) is 0 Å². The molecular formula is C19H18N4O2S. The van der Waals surface area contributed by atoms with E-state index in [1.165, 1.54) is 0 Å². The number of ether oxygens (including phenoxy) is 1. The Kier molecular flexibility index (Phi) is 4.40. The number of rotatable bonds is 4. The number of benzene rings is 2. The number of anilines is 2. The molecule has 0 spiro atoms. The molecule has 0 aliphatic carbocycles. The SMILES string of the molecule is CN(C)c1cccc(Oc2nccc(N3Cc4ccccc4[S+]3[O-])n2)c1. The van der Waals surface area contributed by atoms with Gasteiger partial charge in [-0.25, -0.2) is 4.98 Å². The van der Waals surface area contributed by atoms with Crippen molar-refractivity contribution < 1.29 is 9.29 Å². The average Bonchev–Trinajstić information content (AvgIpc) is 2.99. The minimum Gasteiger partial charge on any atom is -0.588 e. The summed E-state index contributed by atoms with van der Waals surface area (Å²) in [6.45, 7) is 0.551. The quantitative estimate of drug-likeness (QED) is 0.660. The highest BCUT2D eigenvalue weighted by atomic mass is 32.2. The van der Waals surface area contributed by atoms with Crippen molar-refractivity contribution in [2.24, 2.45) is 0 Å². The molecule has 0 fully saturated rings. The van der Waals surface area contributed by atoms with Crippen LogP contribution >= 0.6 is 0 Å². The normalized spacial score (nSPS) is 15.7. The maximum atomic E-state index is 12.7. The van der Waals surface area contributed by atoms with Crippen LogP contribution in [0.2, 0.25) is 0 Å². The van der Waals surface area contributed by atoms with Crippen molar-refractivity contribution in [1.29, 1.82) is 0 Å². The highest BCUT2D eigenvalue weighted by Crippen LogP contribution is 2.34. The van der Waals surface area contributed by atoms with Crippen molar-refractivity contribution >= 4 is 22.9 Å². The van der Waals surface area contributed by atoms with Gasteiger partial charge < -0.3 is 14.2 Å². The van der Waals surface area contributed by atoms with Crippen LogP contribution in [-0.4, -0.2) is 28.6 Å². The van der Waals surface area contributed by atoms with Gasteiger partial charge in [0.25, 0.3) is 0 Å². The Bertz CT molecular complexity index is 935. The van der Waals surface area contributed by atoms with E-state index in [4.69, 9.17) is 4.74 Å². The molecular weight excluding hydrogens is 348 g/mol. The summed E-state index contributed by atoms with van der Waals surface area (Å²) in [6.07, 6.45) is 1.62. The Morgan fingerprint density at radius 3 is 2.77 bits per heavy atom. The summed E-state index contributed by atoms with van der Waals surface area (Å²) >= 11 is -1.27. The lowest BCUT2D eigenvalue weighted by molar-refractivity contribution is 0.442. The second-order valence-electron chi connectivity index (χ2n) is 6.08. The summed E-state index contributed by atoms with van der Waals surface area (Å²) in [5.74, 6) is 1.23. The largest absolute Gasteiger partial charge is 0.588 e. The van der Waals surface area contributed by atoms with Crippen molar-refractivity contribution in [2.75, 3.05) is 23.3 Å². The van der Waals surface area contributed by atoms with Gasteiger partial charge in [-0.1, -0.05) is 24.3 Å². The van der Waals surface area contributed by atoms with E-state index in [0.717, 1.165) is 16.1 Å². The molecule has 1 aliphatic heterocycles. The number of hydrogen-bond acceptors (Lipinski definition) is 6. The van der Waals surface area contributed by atoms with Gasteiger partial charge >= 0.3 is 6.01 Å². The van der Waals surface area contributed by atoms with Gasteiger partial charge in [0, 0.05) is 43.7 Å². The second kappa shape index (κ2) is 6.86. The zero-order valence-electron chi connectivity index (χ0n) is 14.5. The predicted molar refractivity (Wildman–Crippen MR) is 102 cm³/mol. The number of nitrogens with zero attached hydrogens (tertiary/aromatic N) is 4. The Morgan fingerprint density at radius 1 is 1.12 bits per heavy atom. The van der Waals surface area contributed by atoms with Gasteiger partial charge in [0.15, 0.2) is 10.7 Å². The Morgan fingerprint density at radius 2 is 1.96 bits per heavy atom. The molecule has 6 nitrogen and oxygen atoms in total.